The van der Waals surface area contributed by atoms with E-state index in [1.165, 1.54) is 23.1 Å². The minimum atomic E-state index is -0.309. The predicted octanol–water partition coefficient (Wildman–Crippen LogP) is 4.36. The molecule has 2 unspecified atom stereocenters. The van der Waals surface area contributed by atoms with Gasteiger partial charge in [-0.15, -0.1) is 0 Å². The Bertz CT molecular complexity index is 559. The molecule has 1 N–H and O–H groups in total. The molecule has 0 aromatic heterocycles. The number of benzene rings is 2. The fourth-order valence-electron chi connectivity index (χ4n) is 2.97. The SMILES string of the molecule is CC1CCc2ccc(-c3ccccc3)cc2C(O)C1. The smallest absolute Gasteiger partial charge is 0.0795 e. The molecule has 0 heterocycles. The Labute approximate surface area is 114 Å². The first kappa shape index (κ1) is 12.4. The average Bonchev–Trinajstić information content (AvgIpc) is 2.59. The summed E-state index contributed by atoms with van der Waals surface area (Å²) in [5.41, 5.74) is 4.87. The second-order valence-electron chi connectivity index (χ2n) is 5.67. The zero-order valence-electron chi connectivity index (χ0n) is 11.3. The van der Waals surface area contributed by atoms with Crippen LogP contribution in [0.4, 0.5) is 0 Å². The second kappa shape index (κ2) is 5.18. The predicted molar refractivity (Wildman–Crippen MR) is 78.9 cm³/mol. The lowest BCUT2D eigenvalue weighted by Crippen LogP contribution is -2.01. The highest BCUT2D eigenvalue weighted by molar-refractivity contribution is 5.65. The van der Waals surface area contributed by atoms with Crippen LogP contribution in [-0.2, 0) is 6.42 Å². The molecule has 1 nitrogen and oxygen atoms in total. The topological polar surface area (TPSA) is 20.2 Å². The molecular weight excluding hydrogens is 232 g/mol. The van der Waals surface area contributed by atoms with Gasteiger partial charge in [0.15, 0.2) is 0 Å². The fraction of sp³-hybridized carbons (Fsp3) is 0.333. The molecule has 0 bridgehead atoms. The highest BCUT2D eigenvalue weighted by atomic mass is 16.3. The highest BCUT2D eigenvalue weighted by Gasteiger charge is 2.20. The molecule has 0 saturated carbocycles. The van der Waals surface area contributed by atoms with Gasteiger partial charge in [-0.25, -0.2) is 0 Å². The number of aliphatic hydroxyl groups excluding tert-OH is 1. The van der Waals surface area contributed by atoms with E-state index < -0.39 is 0 Å². The van der Waals surface area contributed by atoms with Gasteiger partial charge in [-0.3, -0.25) is 0 Å². The van der Waals surface area contributed by atoms with Gasteiger partial charge < -0.3 is 5.11 Å². The van der Waals surface area contributed by atoms with Gasteiger partial charge in [-0.05, 0) is 53.5 Å². The van der Waals surface area contributed by atoms with Crippen molar-refractivity contribution < 1.29 is 5.11 Å². The molecule has 2 atom stereocenters. The number of aliphatic hydroxyl groups is 1. The molecule has 2 aromatic rings. The summed E-state index contributed by atoms with van der Waals surface area (Å²) in [6.07, 6.45) is 2.83. The van der Waals surface area contributed by atoms with Crippen molar-refractivity contribution in [3.63, 3.8) is 0 Å². The number of rotatable bonds is 1. The molecule has 2 aromatic carbocycles. The molecule has 1 aliphatic carbocycles. The minimum Gasteiger partial charge on any atom is -0.388 e. The van der Waals surface area contributed by atoms with E-state index in [-0.39, 0.29) is 6.10 Å². The number of hydrogen-bond acceptors (Lipinski definition) is 1. The summed E-state index contributed by atoms with van der Waals surface area (Å²) in [5, 5.41) is 10.4. The average molecular weight is 252 g/mol. The van der Waals surface area contributed by atoms with Gasteiger partial charge in [0.1, 0.15) is 0 Å². The molecule has 3 rings (SSSR count). The summed E-state index contributed by atoms with van der Waals surface area (Å²) >= 11 is 0. The fourth-order valence-corrected chi connectivity index (χ4v) is 2.97. The summed E-state index contributed by atoms with van der Waals surface area (Å²) in [7, 11) is 0. The van der Waals surface area contributed by atoms with Crippen LogP contribution in [0.1, 0.15) is 37.0 Å². The normalized spacial score (nSPS) is 22.6. The summed E-state index contributed by atoms with van der Waals surface area (Å²) in [4.78, 5) is 0. The van der Waals surface area contributed by atoms with Crippen molar-refractivity contribution in [1.82, 2.24) is 0 Å². The van der Waals surface area contributed by atoms with Crippen LogP contribution in [0.25, 0.3) is 11.1 Å². The zero-order chi connectivity index (χ0) is 13.2. The van der Waals surface area contributed by atoms with Gasteiger partial charge in [0.05, 0.1) is 6.10 Å². The van der Waals surface area contributed by atoms with Crippen molar-refractivity contribution in [1.29, 1.82) is 0 Å². The van der Waals surface area contributed by atoms with Gasteiger partial charge in [-0.2, -0.15) is 0 Å². The van der Waals surface area contributed by atoms with E-state index in [1.54, 1.807) is 0 Å². The van der Waals surface area contributed by atoms with Crippen molar-refractivity contribution in [2.24, 2.45) is 5.92 Å². The van der Waals surface area contributed by atoms with Crippen LogP contribution in [0.15, 0.2) is 48.5 Å². The Hall–Kier alpha value is -1.60. The third kappa shape index (κ3) is 2.57. The Balaban J connectivity index is 2.02. The third-order valence-electron chi connectivity index (χ3n) is 4.14. The molecule has 0 amide bonds. The number of aryl methyl sites for hydroxylation is 1. The molecule has 19 heavy (non-hydrogen) atoms. The van der Waals surface area contributed by atoms with Crippen molar-refractivity contribution in [2.75, 3.05) is 0 Å². The van der Waals surface area contributed by atoms with Crippen LogP contribution in [0, 0.1) is 5.92 Å². The maximum absolute atomic E-state index is 10.4. The van der Waals surface area contributed by atoms with E-state index >= 15 is 0 Å². The van der Waals surface area contributed by atoms with Crippen molar-refractivity contribution in [2.45, 2.75) is 32.3 Å². The molecule has 1 heteroatoms. The minimum absolute atomic E-state index is 0.309. The van der Waals surface area contributed by atoms with E-state index in [1.807, 2.05) is 6.07 Å². The summed E-state index contributed by atoms with van der Waals surface area (Å²) < 4.78 is 0. The van der Waals surface area contributed by atoms with Crippen LogP contribution >= 0.6 is 0 Å². The zero-order valence-corrected chi connectivity index (χ0v) is 11.3. The maximum Gasteiger partial charge on any atom is 0.0795 e. The molecular formula is C18H20O. The molecule has 0 radical (unpaired) electrons. The first-order valence-electron chi connectivity index (χ1n) is 7.10. The van der Waals surface area contributed by atoms with E-state index in [2.05, 4.69) is 49.4 Å². The van der Waals surface area contributed by atoms with Crippen LogP contribution in [-0.4, -0.2) is 5.11 Å². The van der Waals surface area contributed by atoms with Crippen LogP contribution in [0.3, 0.4) is 0 Å². The lowest BCUT2D eigenvalue weighted by atomic mass is 9.95. The van der Waals surface area contributed by atoms with Gasteiger partial charge >= 0.3 is 0 Å². The molecule has 0 spiro atoms. The van der Waals surface area contributed by atoms with Crippen molar-refractivity contribution >= 4 is 0 Å². The summed E-state index contributed by atoms with van der Waals surface area (Å²) in [6.45, 7) is 2.23. The Morgan fingerprint density at radius 3 is 2.58 bits per heavy atom. The van der Waals surface area contributed by atoms with Crippen molar-refractivity contribution in [3.05, 3.63) is 59.7 Å². The molecule has 0 saturated heterocycles. The van der Waals surface area contributed by atoms with Gasteiger partial charge in [0.25, 0.3) is 0 Å². The molecule has 0 aliphatic heterocycles. The first-order chi connectivity index (χ1) is 9.24. The van der Waals surface area contributed by atoms with E-state index in [0.717, 1.165) is 18.4 Å². The van der Waals surface area contributed by atoms with Gasteiger partial charge in [0, 0.05) is 0 Å². The summed E-state index contributed by atoms with van der Waals surface area (Å²) in [5.74, 6) is 0.600. The largest absolute Gasteiger partial charge is 0.388 e. The first-order valence-corrected chi connectivity index (χ1v) is 7.10. The lowest BCUT2D eigenvalue weighted by molar-refractivity contribution is 0.150. The quantitative estimate of drug-likeness (QED) is 0.748. The van der Waals surface area contributed by atoms with Crippen LogP contribution in [0.5, 0.6) is 0 Å². The second-order valence-corrected chi connectivity index (χ2v) is 5.67. The Morgan fingerprint density at radius 2 is 1.79 bits per heavy atom. The Morgan fingerprint density at radius 1 is 1.00 bits per heavy atom. The number of fused-ring (bicyclic) bond motifs is 1. The van der Waals surface area contributed by atoms with E-state index in [4.69, 9.17) is 0 Å². The van der Waals surface area contributed by atoms with Gasteiger partial charge in [0.2, 0.25) is 0 Å². The lowest BCUT2D eigenvalue weighted by Gasteiger charge is -2.14. The van der Waals surface area contributed by atoms with Crippen molar-refractivity contribution in [3.8, 4) is 11.1 Å². The standard InChI is InChI=1S/C18H20O/c1-13-7-8-15-9-10-16(12-17(15)18(19)11-13)14-5-3-2-4-6-14/h2-6,9-10,12-13,18-19H,7-8,11H2,1H3. The monoisotopic (exact) mass is 252 g/mol. The van der Waals surface area contributed by atoms with Crippen LogP contribution in [0.2, 0.25) is 0 Å². The third-order valence-corrected chi connectivity index (χ3v) is 4.14. The van der Waals surface area contributed by atoms with E-state index in [0.29, 0.717) is 5.92 Å². The van der Waals surface area contributed by atoms with E-state index in [9.17, 15) is 5.11 Å². The van der Waals surface area contributed by atoms with Crippen LogP contribution < -0.4 is 0 Å². The molecule has 0 fully saturated rings. The maximum atomic E-state index is 10.4. The Kier molecular flexibility index (Phi) is 3.39. The highest BCUT2D eigenvalue weighted by Crippen LogP contribution is 2.34. The summed E-state index contributed by atoms with van der Waals surface area (Å²) in [6, 6.07) is 16.9. The molecule has 98 valence electrons. The molecule has 1 aliphatic rings. The van der Waals surface area contributed by atoms with Gasteiger partial charge in [-0.1, -0.05) is 49.4 Å². The number of hydrogen-bond donors (Lipinski definition) is 1.